The number of benzene rings is 1. The first-order valence-electron chi connectivity index (χ1n) is 8.35. The molecule has 134 valence electrons. The van der Waals surface area contributed by atoms with Crippen LogP contribution in [0.25, 0.3) is 0 Å². The molecule has 0 saturated heterocycles. The summed E-state index contributed by atoms with van der Waals surface area (Å²) in [5, 5.41) is 9.33. The lowest BCUT2D eigenvalue weighted by Crippen LogP contribution is -2.20. The van der Waals surface area contributed by atoms with Gasteiger partial charge in [0.25, 0.3) is 11.8 Å². The summed E-state index contributed by atoms with van der Waals surface area (Å²) in [6.07, 6.45) is 3.31. The highest BCUT2D eigenvalue weighted by atomic mass is 16.5. The van der Waals surface area contributed by atoms with Crippen molar-refractivity contribution in [1.82, 2.24) is 15.1 Å². The minimum Gasteiger partial charge on any atom is -0.494 e. The molecule has 0 fully saturated rings. The first-order valence-corrected chi connectivity index (χ1v) is 8.35. The molecule has 7 nitrogen and oxygen atoms in total. The molecule has 7 heteroatoms. The van der Waals surface area contributed by atoms with Gasteiger partial charge in [0.15, 0.2) is 5.82 Å². The number of hydrogen-bond donors (Lipinski definition) is 2. The third-order valence-corrected chi connectivity index (χ3v) is 3.71. The molecule has 0 saturated carbocycles. The minimum absolute atomic E-state index is 0.264. The predicted molar refractivity (Wildman–Crippen MR) is 96.0 cm³/mol. The van der Waals surface area contributed by atoms with Gasteiger partial charge in [-0.1, -0.05) is 19.8 Å². The number of carbonyl (C=O) groups excluding carboxylic acids is 2. The van der Waals surface area contributed by atoms with Crippen LogP contribution in [-0.4, -0.2) is 35.2 Å². The van der Waals surface area contributed by atoms with E-state index in [4.69, 9.17) is 4.74 Å². The Morgan fingerprint density at radius 1 is 1.16 bits per heavy atom. The van der Waals surface area contributed by atoms with Gasteiger partial charge in [-0.25, -0.2) is 0 Å². The minimum atomic E-state index is -0.293. The number of hydrogen-bond acceptors (Lipinski definition) is 4. The van der Waals surface area contributed by atoms with Crippen LogP contribution in [0.15, 0.2) is 30.3 Å². The lowest BCUT2D eigenvalue weighted by atomic mass is 10.2. The van der Waals surface area contributed by atoms with Gasteiger partial charge in [0, 0.05) is 25.7 Å². The van der Waals surface area contributed by atoms with Gasteiger partial charge in [0.05, 0.1) is 6.61 Å². The number of aryl methyl sites for hydroxylation is 1. The Morgan fingerprint density at radius 3 is 2.52 bits per heavy atom. The number of nitrogens with zero attached hydrogens (tertiary/aromatic N) is 2. The Labute approximate surface area is 147 Å². The number of ether oxygens (including phenoxy) is 1. The number of rotatable bonds is 8. The molecule has 0 aliphatic heterocycles. The Kier molecular flexibility index (Phi) is 6.56. The summed E-state index contributed by atoms with van der Waals surface area (Å²) in [7, 11) is 3.18. The Hall–Kier alpha value is -2.83. The third-order valence-electron chi connectivity index (χ3n) is 3.71. The zero-order valence-corrected chi connectivity index (χ0v) is 14.8. The number of nitrogens with one attached hydrogen (secondary N) is 2. The molecule has 2 N–H and O–H groups in total. The summed E-state index contributed by atoms with van der Waals surface area (Å²) < 4.78 is 7.05. The number of unbranched alkanes of at least 4 members (excludes halogenated alkanes) is 2. The lowest BCUT2D eigenvalue weighted by Gasteiger charge is -2.07. The molecule has 1 aromatic heterocycles. The second kappa shape index (κ2) is 8.86. The average molecular weight is 344 g/mol. The van der Waals surface area contributed by atoms with Crippen LogP contribution in [0, 0.1) is 0 Å². The van der Waals surface area contributed by atoms with Crippen molar-refractivity contribution in [1.29, 1.82) is 0 Å². The molecular formula is C18H24N4O3. The molecule has 2 rings (SSSR count). The molecule has 0 aliphatic carbocycles. The largest absolute Gasteiger partial charge is 0.494 e. The van der Waals surface area contributed by atoms with Crippen LogP contribution in [-0.2, 0) is 7.05 Å². The van der Waals surface area contributed by atoms with Crippen LogP contribution >= 0.6 is 0 Å². The molecule has 2 amide bonds. The fraction of sp³-hybridized carbons (Fsp3) is 0.389. The van der Waals surface area contributed by atoms with E-state index in [9.17, 15) is 9.59 Å². The van der Waals surface area contributed by atoms with Gasteiger partial charge in [-0.2, -0.15) is 5.10 Å². The molecule has 2 aromatic rings. The van der Waals surface area contributed by atoms with E-state index in [0.29, 0.717) is 23.7 Å². The highest BCUT2D eigenvalue weighted by Crippen LogP contribution is 2.15. The molecule has 1 heterocycles. The molecule has 0 atom stereocenters. The van der Waals surface area contributed by atoms with Crippen molar-refractivity contribution >= 4 is 17.6 Å². The first-order chi connectivity index (χ1) is 12.0. The van der Waals surface area contributed by atoms with E-state index in [2.05, 4.69) is 22.7 Å². The van der Waals surface area contributed by atoms with Crippen LogP contribution < -0.4 is 15.4 Å². The summed E-state index contributed by atoms with van der Waals surface area (Å²) >= 11 is 0. The van der Waals surface area contributed by atoms with Crippen LogP contribution in [0.1, 0.15) is 47.0 Å². The van der Waals surface area contributed by atoms with Gasteiger partial charge in [0.2, 0.25) is 0 Å². The fourth-order valence-corrected chi connectivity index (χ4v) is 2.30. The Bertz CT molecular complexity index is 722. The van der Waals surface area contributed by atoms with E-state index in [0.717, 1.165) is 25.0 Å². The number of aromatic nitrogens is 2. The van der Waals surface area contributed by atoms with Gasteiger partial charge in [0.1, 0.15) is 11.4 Å². The van der Waals surface area contributed by atoms with E-state index >= 15 is 0 Å². The zero-order valence-electron chi connectivity index (χ0n) is 14.8. The van der Waals surface area contributed by atoms with Crippen LogP contribution in [0.2, 0.25) is 0 Å². The number of carbonyl (C=O) groups is 2. The monoisotopic (exact) mass is 344 g/mol. The Balaban J connectivity index is 1.95. The molecule has 0 radical (unpaired) electrons. The summed E-state index contributed by atoms with van der Waals surface area (Å²) in [4.78, 5) is 24.0. The Morgan fingerprint density at radius 2 is 1.88 bits per heavy atom. The van der Waals surface area contributed by atoms with Crippen molar-refractivity contribution in [3.63, 3.8) is 0 Å². The zero-order chi connectivity index (χ0) is 18.2. The second-order valence-electron chi connectivity index (χ2n) is 5.65. The predicted octanol–water partition coefficient (Wildman–Crippen LogP) is 2.60. The van der Waals surface area contributed by atoms with Crippen molar-refractivity contribution in [3.05, 3.63) is 41.6 Å². The number of anilines is 1. The SMILES string of the molecule is CCCCCOc1ccc(C(=O)Nc2cc(C(=O)NC)n(C)n2)cc1. The van der Waals surface area contributed by atoms with E-state index in [-0.39, 0.29) is 11.8 Å². The highest BCUT2D eigenvalue weighted by Gasteiger charge is 2.14. The van der Waals surface area contributed by atoms with Crippen molar-refractivity contribution < 1.29 is 14.3 Å². The molecule has 0 bridgehead atoms. The standard InChI is InChI=1S/C18H24N4O3/c1-4-5-6-11-25-14-9-7-13(8-10-14)17(23)20-16-12-15(18(24)19-2)22(3)21-16/h7-10,12H,4-6,11H2,1-3H3,(H,19,24)(H,20,21,23). The fourth-order valence-electron chi connectivity index (χ4n) is 2.30. The van der Waals surface area contributed by atoms with E-state index in [1.807, 2.05) is 0 Å². The summed E-state index contributed by atoms with van der Waals surface area (Å²) in [5.74, 6) is 0.512. The second-order valence-corrected chi connectivity index (χ2v) is 5.65. The van der Waals surface area contributed by atoms with Crippen molar-refractivity contribution in [2.45, 2.75) is 26.2 Å². The topological polar surface area (TPSA) is 85.2 Å². The molecule has 1 aromatic carbocycles. The quantitative estimate of drug-likeness (QED) is 0.721. The molecule has 0 unspecified atom stereocenters. The highest BCUT2D eigenvalue weighted by molar-refractivity contribution is 6.04. The van der Waals surface area contributed by atoms with Crippen LogP contribution in [0.5, 0.6) is 5.75 Å². The van der Waals surface area contributed by atoms with E-state index < -0.39 is 0 Å². The average Bonchev–Trinajstić information content (AvgIpc) is 2.98. The van der Waals surface area contributed by atoms with Crippen LogP contribution in [0.4, 0.5) is 5.82 Å². The number of amides is 2. The molecule has 0 aliphatic rings. The van der Waals surface area contributed by atoms with Gasteiger partial charge in [-0.15, -0.1) is 0 Å². The lowest BCUT2D eigenvalue weighted by molar-refractivity contribution is 0.0953. The summed E-state index contributed by atoms with van der Waals surface area (Å²) in [5.41, 5.74) is 0.863. The maximum Gasteiger partial charge on any atom is 0.269 e. The smallest absolute Gasteiger partial charge is 0.269 e. The third kappa shape index (κ3) is 5.07. The molecular weight excluding hydrogens is 320 g/mol. The normalized spacial score (nSPS) is 10.4. The van der Waals surface area contributed by atoms with E-state index in [1.54, 1.807) is 38.4 Å². The van der Waals surface area contributed by atoms with Crippen molar-refractivity contribution in [3.8, 4) is 5.75 Å². The van der Waals surface area contributed by atoms with Gasteiger partial charge in [-0.05, 0) is 30.7 Å². The maximum atomic E-state index is 12.3. The van der Waals surface area contributed by atoms with Gasteiger partial charge >= 0.3 is 0 Å². The first kappa shape index (κ1) is 18.5. The maximum absolute atomic E-state index is 12.3. The van der Waals surface area contributed by atoms with Crippen molar-refractivity contribution in [2.75, 3.05) is 19.0 Å². The van der Waals surface area contributed by atoms with Gasteiger partial charge in [-0.3, -0.25) is 14.3 Å². The summed E-state index contributed by atoms with van der Waals surface area (Å²) in [6.45, 7) is 2.82. The van der Waals surface area contributed by atoms with Crippen molar-refractivity contribution in [2.24, 2.45) is 7.05 Å². The summed E-state index contributed by atoms with van der Waals surface area (Å²) in [6, 6.07) is 8.48. The van der Waals surface area contributed by atoms with Crippen LogP contribution in [0.3, 0.4) is 0 Å². The van der Waals surface area contributed by atoms with Gasteiger partial charge < -0.3 is 15.4 Å². The molecule has 25 heavy (non-hydrogen) atoms. The molecule has 0 spiro atoms. The van der Waals surface area contributed by atoms with E-state index in [1.165, 1.54) is 10.7 Å².